The Morgan fingerprint density at radius 3 is 2.62 bits per heavy atom. The maximum Gasteiger partial charge on any atom is 0.0664 e. The molecule has 0 saturated heterocycles. The van der Waals surface area contributed by atoms with Crippen molar-refractivity contribution in [2.45, 2.75) is 19.9 Å². The van der Waals surface area contributed by atoms with Crippen LogP contribution in [0.2, 0.25) is 0 Å². The van der Waals surface area contributed by atoms with Gasteiger partial charge in [-0.1, -0.05) is 18.2 Å². The van der Waals surface area contributed by atoms with E-state index in [1.165, 1.54) is 0 Å². The predicted octanol–water partition coefficient (Wildman–Crippen LogP) is 2.52. The van der Waals surface area contributed by atoms with E-state index >= 15 is 0 Å². The molecule has 0 spiro atoms. The van der Waals surface area contributed by atoms with Crippen LogP contribution < -0.4 is 5.32 Å². The summed E-state index contributed by atoms with van der Waals surface area (Å²) in [7, 11) is 0. The van der Waals surface area contributed by atoms with Gasteiger partial charge in [0, 0.05) is 18.3 Å². The van der Waals surface area contributed by atoms with Crippen LogP contribution in [0, 0.1) is 0 Å². The van der Waals surface area contributed by atoms with Gasteiger partial charge in [0.2, 0.25) is 0 Å². The summed E-state index contributed by atoms with van der Waals surface area (Å²) in [5.41, 5.74) is 1.15. The smallest absolute Gasteiger partial charge is 0.0664 e. The SMILES string of the molecule is CCOCC(C)Nc1ccccc1. The fourth-order valence-corrected chi connectivity index (χ4v) is 1.16. The van der Waals surface area contributed by atoms with Crippen LogP contribution in [0.4, 0.5) is 5.69 Å². The molecule has 1 aromatic rings. The molecule has 1 aromatic carbocycles. The Labute approximate surface area is 79.9 Å². The van der Waals surface area contributed by atoms with E-state index in [0.29, 0.717) is 6.04 Å². The van der Waals surface area contributed by atoms with Crippen molar-refractivity contribution >= 4 is 5.69 Å². The highest BCUT2D eigenvalue weighted by molar-refractivity contribution is 5.43. The van der Waals surface area contributed by atoms with Crippen LogP contribution in [0.25, 0.3) is 0 Å². The number of benzene rings is 1. The molecular formula is C11H17NO. The number of ether oxygens (including phenoxy) is 1. The van der Waals surface area contributed by atoms with Crippen molar-refractivity contribution in [3.05, 3.63) is 30.3 Å². The van der Waals surface area contributed by atoms with Gasteiger partial charge in [0.15, 0.2) is 0 Å². The highest BCUT2D eigenvalue weighted by Gasteiger charge is 1.99. The molecule has 2 nitrogen and oxygen atoms in total. The van der Waals surface area contributed by atoms with E-state index in [9.17, 15) is 0 Å². The summed E-state index contributed by atoms with van der Waals surface area (Å²) in [5.74, 6) is 0. The van der Waals surface area contributed by atoms with Gasteiger partial charge < -0.3 is 10.1 Å². The molecule has 1 unspecified atom stereocenters. The first-order valence-electron chi connectivity index (χ1n) is 4.72. The molecule has 2 heteroatoms. The lowest BCUT2D eigenvalue weighted by Gasteiger charge is -2.14. The summed E-state index contributed by atoms with van der Waals surface area (Å²) < 4.78 is 5.30. The summed E-state index contributed by atoms with van der Waals surface area (Å²) in [6.07, 6.45) is 0. The molecule has 0 aliphatic carbocycles. The van der Waals surface area contributed by atoms with Crippen molar-refractivity contribution in [1.29, 1.82) is 0 Å². The fraction of sp³-hybridized carbons (Fsp3) is 0.455. The normalized spacial score (nSPS) is 12.5. The molecule has 0 amide bonds. The van der Waals surface area contributed by atoms with Gasteiger partial charge in [0.25, 0.3) is 0 Å². The Balaban J connectivity index is 2.32. The average molecular weight is 179 g/mol. The number of hydrogen-bond donors (Lipinski definition) is 1. The van der Waals surface area contributed by atoms with E-state index in [2.05, 4.69) is 24.4 Å². The van der Waals surface area contributed by atoms with Crippen molar-refractivity contribution in [3.8, 4) is 0 Å². The molecule has 0 radical (unpaired) electrons. The summed E-state index contributed by atoms with van der Waals surface area (Å²) in [6.45, 7) is 5.66. The minimum Gasteiger partial charge on any atom is -0.380 e. The fourth-order valence-electron chi connectivity index (χ4n) is 1.16. The largest absolute Gasteiger partial charge is 0.380 e. The third-order valence-corrected chi connectivity index (χ3v) is 1.76. The first-order valence-corrected chi connectivity index (χ1v) is 4.72. The van der Waals surface area contributed by atoms with Crippen molar-refractivity contribution in [1.82, 2.24) is 0 Å². The van der Waals surface area contributed by atoms with Crippen LogP contribution in [0.1, 0.15) is 13.8 Å². The minimum atomic E-state index is 0.363. The summed E-state index contributed by atoms with van der Waals surface area (Å²) >= 11 is 0. The molecule has 0 heterocycles. The van der Waals surface area contributed by atoms with Gasteiger partial charge in [-0.3, -0.25) is 0 Å². The summed E-state index contributed by atoms with van der Waals surface area (Å²) in [5, 5.41) is 3.35. The van der Waals surface area contributed by atoms with Crippen LogP contribution in [0.3, 0.4) is 0 Å². The second-order valence-electron chi connectivity index (χ2n) is 3.07. The predicted molar refractivity (Wildman–Crippen MR) is 56.0 cm³/mol. The van der Waals surface area contributed by atoms with E-state index in [1.54, 1.807) is 0 Å². The van der Waals surface area contributed by atoms with Crippen molar-refractivity contribution in [3.63, 3.8) is 0 Å². The van der Waals surface area contributed by atoms with Crippen molar-refractivity contribution in [2.75, 3.05) is 18.5 Å². The molecule has 0 bridgehead atoms. The average Bonchev–Trinajstić information content (AvgIpc) is 2.16. The van der Waals surface area contributed by atoms with Gasteiger partial charge in [-0.2, -0.15) is 0 Å². The third-order valence-electron chi connectivity index (χ3n) is 1.76. The molecule has 13 heavy (non-hydrogen) atoms. The lowest BCUT2D eigenvalue weighted by Crippen LogP contribution is -2.21. The Morgan fingerprint density at radius 2 is 2.00 bits per heavy atom. The molecule has 72 valence electrons. The minimum absolute atomic E-state index is 0.363. The van der Waals surface area contributed by atoms with E-state index < -0.39 is 0 Å². The summed E-state index contributed by atoms with van der Waals surface area (Å²) in [4.78, 5) is 0. The topological polar surface area (TPSA) is 21.3 Å². The lowest BCUT2D eigenvalue weighted by molar-refractivity contribution is 0.141. The molecule has 0 fully saturated rings. The van der Waals surface area contributed by atoms with Gasteiger partial charge in [-0.15, -0.1) is 0 Å². The van der Waals surface area contributed by atoms with Gasteiger partial charge in [0.1, 0.15) is 0 Å². The molecule has 1 atom stereocenters. The zero-order valence-electron chi connectivity index (χ0n) is 8.29. The second-order valence-corrected chi connectivity index (χ2v) is 3.07. The number of rotatable bonds is 5. The molecule has 0 saturated carbocycles. The van der Waals surface area contributed by atoms with E-state index in [0.717, 1.165) is 18.9 Å². The Kier molecular flexibility index (Phi) is 4.33. The summed E-state index contributed by atoms with van der Waals surface area (Å²) in [6, 6.07) is 10.5. The molecule has 0 aliphatic rings. The molecule has 0 aromatic heterocycles. The zero-order valence-corrected chi connectivity index (χ0v) is 8.29. The van der Waals surface area contributed by atoms with Crippen LogP contribution >= 0.6 is 0 Å². The van der Waals surface area contributed by atoms with Gasteiger partial charge in [0.05, 0.1) is 6.61 Å². The van der Waals surface area contributed by atoms with Crippen LogP contribution in [0.5, 0.6) is 0 Å². The number of nitrogens with one attached hydrogen (secondary N) is 1. The van der Waals surface area contributed by atoms with Crippen molar-refractivity contribution in [2.24, 2.45) is 0 Å². The third kappa shape index (κ3) is 3.95. The number of hydrogen-bond acceptors (Lipinski definition) is 2. The monoisotopic (exact) mass is 179 g/mol. The Hall–Kier alpha value is -1.02. The maximum atomic E-state index is 5.30. The number of anilines is 1. The lowest BCUT2D eigenvalue weighted by atomic mass is 10.3. The highest BCUT2D eigenvalue weighted by atomic mass is 16.5. The van der Waals surface area contributed by atoms with Crippen LogP contribution in [-0.4, -0.2) is 19.3 Å². The van der Waals surface area contributed by atoms with Crippen molar-refractivity contribution < 1.29 is 4.74 Å². The quantitative estimate of drug-likeness (QED) is 0.750. The molecule has 1 rings (SSSR count). The zero-order chi connectivity index (χ0) is 9.52. The first-order chi connectivity index (χ1) is 6.33. The standard InChI is InChI=1S/C11H17NO/c1-3-13-9-10(2)12-11-7-5-4-6-8-11/h4-8,10,12H,3,9H2,1-2H3. The van der Waals surface area contributed by atoms with Crippen LogP contribution in [-0.2, 0) is 4.74 Å². The van der Waals surface area contributed by atoms with E-state index in [1.807, 2.05) is 25.1 Å². The van der Waals surface area contributed by atoms with Gasteiger partial charge in [-0.05, 0) is 26.0 Å². The molecule has 0 aliphatic heterocycles. The van der Waals surface area contributed by atoms with E-state index in [4.69, 9.17) is 4.74 Å². The first kappa shape index (κ1) is 10.1. The number of para-hydroxylation sites is 1. The highest BCUT2D eigenvalue weighted by Crippen LogP contribution is 2.06. The Morgan fingerprint density at radius 1 is 1.31 bits per heavy atom. The van der Waals surface area contributed by atoms with Gasteiger partial charge in [-0.25, -0.2) is 0 Å². The maximum absolute atomic E-state index is 5.30. The molecular weight excluding hydrogens is 162 g/mol. The Bertz CT molecular complexity index is 223. The van der Waals surface area contributed by atoms with Gasteiger partial charge >= 0.3 is 0 Å². The van der Waals surface area contributed by atoms with E-state index in [-0.39, 0.29) is 0 Å². The molecule has 1 N–H and O–H groups in total. The second kappa shape index (κ2) is 5.60. The van der Waals surface area contributed by atoms with Crippen LogP contribution in [0.15, 0.2) is 30.3 Å².